The minimum absolute atomic E-state index is 0.00389. The zero-order valence-electron chi connectivity index (χ0n) is 19.7. The van der Waals surface area contributed by atoms with Gasteiger partial charge in [0.1, 0.15) is 6.33 Å². The lowest BCUT2D eigenvalue weighted by molar-refractivity contribution is 0.0958. The van der Waals surface area contributed by atoms with E-state index in [1.54, 1.807) is 36.3 Å². The second-order valence-corrected chi connectivity index (χ2v) is 6.86. The summed E-state index contributed by atoms with van der Waals surface area (Å²) in [6, 6.07) is 6.30. The highest BCUT2D eigenvalue weighted by atomic mass is 16.5. The first kappa shape index (κ1) is 18.5. The molecule has 1 aromatic carbocycles. The molecule has 0 spiro atoms. The van der Waals surface area contributed by atoms with E-state index in [1.807, 2.05) is 0 Å². The Labute approximate surface area is 186 Å². The van der Waals surface area contributed by atoms with E-state index in [2.05, 4.69) is 36.2 Å². The van der Waals surface area contributed by atoms with Gasteiger partial charge in [0, 0.05) is 36.0 Å². The highest BCUT2D eigenvalue weighted by molar-refractivity contribution is 5.99. The third kappa shape index (κ3) is 4.15. The van der Waals surface area contributed by atoms with Crippen LogP contribution in [0.1, 0.15) is 19.6 Å². The van der Waals surface area contributed by atoms with Crippen molar-refractivity contribution in [3.63, 3.8) is 0 Å². The van der Waals surface area contributed by atoms with Crippen molar-refractivity contribution < 1.29 is 17.1 Å². The second kappa shape index (κ2) is 8.88. The molecule has 3 N–H and O–H groups in total. The van der Waals surface area contributed by atoms with Crippen LogP contribution in [-0.2, 0) is 7.05 Å². The van der Waals surface area contributed by atoms with Crippen molar-refractivity contribution >= 4 is 29.1 Å². The third-order valence-corrected chi connectivity index (χ3v) is 4.69. The molecule has 32 heavy (non-hydrogen) atoms. The number of carbonyl (C=O) groups is 2. The first-order valence-electron chi connectivity index (χ1n) is 10.7. The number of aryl methyl sites for hydroxylation is 1. The van der Waals surface area contributed by atoms with Crippen LogP contribution < -0.4 is 20.7 Å². The molecule has 0 bridgehead atoms. The Balaban J connectivity index is 1.65. The Kier molecular flexibility index (Phi) is 5.14. The molecule has 0 radical (unpaired) electrons. The van der Waals surface area contributed by atoms with Crippen LogP contribution in [-0.4, -0.2) is 69.0 Å². The van der Waals surface area contributed by atoms with Crippen molar-refractivity contribution in [2.75, 3.05) is 37.9 Å². The molecule has 3 aromatic rings. The molecule has 3 amide bonds. The van der Waals surface area contributed by atoms with Gasteiger partial charge < -0.3 is 20.3 Å². The number of carbonyl (C=O) groups excluding carboxylic acids is 2. The number of anilines is 3. The Morgan fingerprint density at radius 1 is 1.22 bits per heavy atom. The third-order valence-electron chi connectivity index (χ3n) is 4.69. The van der Waals surface area contributed by atoms with Crippen molar-refractivity contribution in [1.82, 2.24) is 35.2 Å². The highest BCUT2D eigenvalue weighted by Gasteiger charge is 2.22. The van der Waals surface area contributed by atoms with E-state index in [4.69, 9.17) is 7.48 Å². The lowest BCUT2D eigenvalue weighted by atomic mass is 10.1. The minimum atomic E-state index is -1.40. The number of nitrogens with one attached hydrogen (secondary N) is 3. The highest BCUT2D eigenvalue weighted by Crippen LogP contribution is 2.37. The van der Waals surface area contributed by atoms with Crippen LogP contribution in [0.15, 0.2) is 30.6 Å². The van der Waals surface area contributed by atoms with Crippen LogP contribution in [0.3, 0.4) is 0 Å². The van der Waals surface area contributed by atoms with Crippen molar-refractivity contribution in [1.29, 1.82) is 0 Å². The number of hydrogen-bond acceptors (Lipinski definition) is 8. The fourth-order valence-electron chi connectivity index (χ4n) is 3.03. The molecule has 1 fully saturated rings. The fourth-order valence-corrected chi connectivity index (χ4v) is 3.03. The molecule has 166 valence electrons. The number of likely N-dealkylation sites (tertiary alicyclic amines) is 1. The van der Waals surface area contributed by atoms with Gasteiger partial charge in [-0.15, -0.1) is 10.2 Å². The molecular weight excluding hydrogens is 414 g/mol. The Hall–Kier alpha value is -4.22. The average Bonchev–Trinajstić information content (AvgIpc) is 3.23. The molecule has 12 heteroatoms. The lowest BCUT2D eigenvalue weighted by Gasteiger charge is -2.30. The number of methoxy groups -OCH3 is 1. The fraction of sp³-hybridized carbons (Fsp3) is 0.300. The number of ether oxygens (including phenoxy) is 1. The number of aromatic nitrogens is 5. The van der Waals surface area contributed by atoms with Crippen molar-refractivity contribution in [2.24, 2.45) is 7.05 Å². The summed E-state index contributed by atoms with van der Waals surface area (Å²) in [6.45, 7) is -0.0293. The van der Waals surface area contributed by atoms with Gasteiger partial charge in [-0.25, -0.2) is 9.78 Å². The van der Waals surface area contributed by atoms with E-state index in [9.17, 15) is 9.59 Å². The molecule has 0 unspecified atom stereocenters. The summed E-state index contributed by atoms with van der Waals surface area (Å²) in [4.78, 5) is 30.4. The van der Waals surface area contributed by atoms with E-state index in [0.29, 0.717) is 22.8 Å². The summed E-state index contributed by atoms with van der Waals surface area (Å²) >= 11 is 0. The van der Waals surface area contributed by atoms with E-state index >= 15 is 0 Å². The van der Waals surface area contributed by atoms with Crippen LogP contribution in [0, 0.1) is 0 Å². The number of benzene rings is 1. The summed E-state index contributed by atoms with van der Waals surface area (Å²) < 4.78 is 22.4. The Morgan fingerprint density at radius 2 is 2.03 bits per heavy atom. The molecule has 4 rings (SSSR count). The molecule has 1 saturated heterocycles. The van der Waals surface area contributed by atoms with Crippen molar-refractivity contribution in [2.45, 2.75) is 6.37 Å². The van der Waals surface area contributed by atoms with E-state index in [1.165, 1.54) is 25.1 Å². The van der Waals surface area contributed by atoms with Crippen LogP contribution >= 0.6 is 0 Å². The number of urea groups is 1. The zero-order chi connectivity index (χ0) is 24.5. The molecule has 1 aliphatic heterocycles. The second-order valence-electron chi connectivity index (χ2n) is 6.86. The predicted molar refractivity (Wildman–Crippen MR) is 117 cm³/mol. The monoisotopic (exact) mass is 439 g/mol. The van der Waals surface area contributed by atoms with Crippen LogP contribution in [0.25, 0.3) is 11.4 Å². The molecule has 0 aliphatic carbocycles. The maximum atomic E-state index is 12.4. The molecule has 1 aliphatic rings. The van der Waals surface area contributed by atoms with Gasteiger partial charge in [-0.1, -0.05) is 6.07 Å². The first-order valence-corrected chi connectivity index (χ1v) is 9.66. The molecule has 0 saturated carbocycles. The van der Waals surface area contributed by atoms with Gasteiger partial charge in [0.25, 0.3) is 5.91 Å². The van der Waals surface area contributed by atoms with E-state index in [0.717, 1.165) is 0 Å². The van der Waals surface area contributed by atoms with Crippen molar-refractivity contribution in [3.8, 4) is 17.1 Å². The van der Waals surface area contributed by atoms with Gasteiger partial charge in [-0.05, 0) is 18.5 Å². The van der Waals surface area contributed by atoms with E-state index in [-0.39, 0.29) is 30.3 Å². The molecule has 2 aromatic heterocycles. The smallest absolute Gasteiger partial charge is 0.323 e. The molecular formula is C20H23N9O3. The van der Waals surface area contributed by atoms with Crippen LogP contribution in [0.4, 0.5) is 22.0 Å². The minimum Gasteiger partial charge on any atom is -0.494 e. The molecule has 12 nitrogen and oxygen atoms in total. The Bertz CT molecular complexity index is 1240. The summed E-state index contributed by atoms with van der Waals surface area (Å²) in [7, 11) is 4.73. The van der Waals surface area contributed by atoms with Gasteiger partial charge in [-0.2, -0.15) is 5.10 Å². The molecule has 3 heterocycles. The van der Waals surface area contributed by atoms with Crippen LogP contribution in [0.5, 0.6) is 5.75 Å². The topological polar surface area (TPSA) is 139 Å². The van der Waals surface area contributed by atoms with Gasteiger partial charge >= 0.3 is 6.03 Å². The number of amides is 3. The van der Waals surface area contributed by atoms with Gasteiger partial charge in [0.2, 0.25) is 0 Å². The molecule has 0 atom stereocenters. The summed E-state index contributed by atoms with van der Waals surface area (Å²) in [5, 5.41) is 20.4. The normalized spacial score (nSPS) is 15.2. The van der Waals surface area contributed by atoms with Gasteiger partial charge in [-0.3, -0.25) is 14.8 Å². The van der Waals surface area contributed by atoms with Crippen LogP contribution in [0.2, 0.25) is 0 Å². The quantitative estimate of drug-likeness (QED) is 0.527. The number of para-hydroxylation sites is 1. The summed E-state index contributed by atoms with van der Waals surface area (Å²) in [6.07, 6.45) is 0.173. The summed E-state index contributed by atoms with van der Waals surface area (Å²) in [5.74, 6) is 0.519. The van der Waals surface area contributed by atoms with Crippen molar-refractivity contribution in [3.05, 3.63) is 36.3 Å². The maximum Gasteiger partial charge on any atom is 0.323 e. The van der Waals surface area contributed by atoms with E-state index < -0.39 is 18.3 Å². The van der Waals surface area contributed by atoms with Gasteiger partial charge in [0.05, 0.1) is 24.0 Å². The number of hydrogen-bond donors (Lipinski definition) is 3. The largest absolute Gasteiger partial charge is 0.494 e. The number of rotatable bonds is 6. The maximum absolute atomic E-state index is 12.4. The SMILES string of the molecule is [2H]C1([2H])CN(C(=O)Nc2cc(Nc3cccc(-c4ncn(C)n4)c3OC)c(C(=O)NC)nn2)C1. The lowest BCUT2D eigenvalue weighted by Crippen LogP contribution is -2.44. The first-order chi connectivity index (χ1) is 16.2. The Morgan fingerprint density at radius 3 is 2.69 bits per heavy atom. The van der Waals surface area contributed by atoms with Gasteiger partial charge in [0.15, 0.2) is 23.1 Å². The zero-order valence-corrected chi connectivity index (χ0v) is 17.7. The summed E-state index contributed by atoms with van der Waals surface area (Å²) in [5.41, 5.74) is 1.42. The average molecular weight is 439 g/mol. The predicted octanol–water partition coefficient (Wildman–Crippen LogP) is 1.62. The standard InChI is InChI=1S/C20H23N9O3/c1-21-19(30)16-14(10-15(25-26-16)24-20(31)29-8-5-9-29)23-13-7-4-6-12(17(13)32-3)18-22-11-28(2)27-18/h4,6-7,10-11H,5,8-9H2,1-3H3,(H,21,30)(H2,23,24,25,31)/i5D2. The number of nitrogens with zero attached hydrogens (tertiary/aromatic N) is 6.